The second kappa shape index (κ2) is 8.01. The molecule has 4 aliphatic carbocycles. The van der Waals surface area contributed by atoms with Gasteiger partial charge in [0.15, 0.2) is 0 Å². The van der Waals surface area contributed by atoms with Gasteiger partial charge in [0.2, 0.25) is 5.91 Å². The number of rotatable bonds is 9. The summed E-state index contributed by atoms with van der Waals surface area (Å²) in [7, 11) is 0. The summed E-state index contributed by atoms with van der Waals surface area (Å²) < 4.78 is 0. The number of hydrogen-bond donors (Lipinski definition) is 1. The molecule has 4 bridgehead atoms. The van der Waals surface area contributed by atoms with Crippen LogP contribution in [0.25, 0.3) is 0 Å². The van der Waals surface area contributed by atoms with Crippen LogP contribution in [0.2, 0.25) is 0 Å². The molecular formula is C21H36N2O. The Morgan fingerprint density at radius 3 is 2.08 bits per heavy atom. The molecule has 1 N–H and O–H groups in total. The summed E-state index contributed by atoms with van der Waals surface area (Å²) >= 11 is 0. The minimum Gasteiger partial charge on any atom is -0.273 e. The average molecular weight is 333 g/mol. The predicted octanol–water partition coefficient (Wildman–Crippen LogP) is 5.45. The Morgan fingerprint density at radius 2 is 1.50 bits per heavy atom. The molecule has 1 amide bonds. The highest BCUT2D eigenvalue weighted by molar-refractivity contribution is 5.89. The first kappa shape index (κ1) is 17.9. The van der Waals surface area contributed by atoms with Gasteiger partial charge >= 0.3 is 0 Å². The molecule has 0 radical (unpaired) electrons. The van der Waals surface area contributed by atoms with E-state index in [0.29, 0.717) is 11.8 Å². The van der Waals surface area contributed by atoms with Crippen LogP contribution in [0.1, 0.15) is 97.3 Å². The van der Waals surface area contributed by atoms with E-state index in [0.717, 1.165) is 24.2 Å². The van der Waals surface area contributed by atoms with Crippen LogP contribution in [0.4, 0.5) is 0 Å². The number of carbonyl (C=O) groups excluding carboxylic acids is 1. The first-order chi connectivity index (χ1) is 11.6. The summed E-state index contributed by atoms with van der Waals surface area (Å²) in [4.78, 5) is 12.0. The SMILES string of the molecule is CCCCCCCCC(=O)N/N=C(/C)C12CC3CC(CC(C3)C1)C2. The summed E-state index contributed by atoms with van der Waals surface area (Å²) in [5, 5.41) is 4.56. The van der Waals surface area contributed by atoms with Crippen molar-refractivity contribution >= 4 is 11.6 Å². The maximum atomic E-state index is 12.0. The zero-order chi connectivity index (χ0) is 17.0. The standard InChI is InChI=1S/C21H36N2O/c1-3-4-5-6-7-8-9-20(24)23-22-16(2)21-13-17-10-18(14-21)12-19(11-17)15-21/h17-19H,3-15H2,1-2H3,(H,23,24)/b22-16-. The maximum absolute atomic E-state index is 12.0. The number of hydrazone groups is 1. The monoisotopic (exact) mass is 332 g/mol. The summed E-state index contributed by atoms with van der Waals surface area (Å²) in [6.45, 7) is 4.40. The summed E-state index contributed by atoms with van der Waals surface area (Å²) in [5.74, 6) is 2.90. The molecule has 0 aromatic carbocycles. The molecule has 3 heteroatoms. The number of unbranched alkanes of at least 4 members (excludes halogenated alkanes) is 5. The van der Waals surface area contributed by atoms with Crippen LogP contribution in [-0.4, -0.2) is 11.6 Å². The number of nitrogens with one attached hydrogen (secondary N) is 1. The maximum Gasteiger partial charge on any atom is 0.240 e. The fourth-order valence-electron chi connectivity index (χ4n) is 5.94. The van der Waals surface area contributed by atoms with Crippen LogP contribution >= 0.6 is 0 Å². The molecule has 136 valence electrons. The van der Waals surface area contributed by atoms with Crippen LogP contribution in [0.15, 0.2) is 5.10 Å². The molecule has 0 atom stereocenters. The van der Waals surface area contributed by atoms with Crippen LogP contribution in [-0.2, 0) is 4.79 Å². The molecule has 4 fully saturated rings. The lowest BCUT2D eigenvalue weighted by Gasteiger charge is -2.56. The van der Waals surface area contributed by atoms with Crippen LogP contribution in [0, 0.1) is 23.2 Å². The number of nitrogens with zero attached hydrogens (tertiary/aromatic N) is 1. The third kappa shape index (κ3) is 4.21. The van der Waals surface area contributed by atoms with Crippen molar-refractivity contribution in [2.75, 3.05) is 0 Å². The van der Waals surface area contributed by atoms with Crippen molar-refractivity contribution in [3.8, 4) is 0 Å². The third-order valence-corrected chi connectivity index (χ3v) is 6.91. The topological polar surface area (TPSA) is 41.5 Å². The van der Waals surface area contributed by atoms with Gasteiger partial charge in [0.05, 0.1) is 0 Å². The second-order valence-electron chi connectivity index (χ2n) is 8.95. The summed E-state index contributed by atoms with van der Waals surface area (Å²) in [6.07, 6.45) is 16.3. The largest absolute Gasteiger partial charge is 0.273 e. The Kier molecular flexibility index (Phi) is 5.99. The van der Waals surface area contributed by atoms with Gasteiger partial charge in [-0.3, -0.25) is 4.79 Å². The lowest BCUT2D eigenvalue weighted by atomic mass is 9.48. The Morgan fingerprint density at radius 1 is 0.958 bits per heavy atom. The molecule has 0 unspecified atom stereocenters. The van der Waals surface area contributed by atoms with Crippen molar-refractivity contribution in [1.82, 2.24) is 5.43 Å². The van der Waals surface area contributed by atoms with E-state index in [4.69, 9.17) is 0 Å². The normalized spacial score (nSPS) is 34.6. The third-order valence-electron chi connectivity index (χ3n) is 6.91. The molecule has 0 aromatic heterocycles. The lowest BCUT2D eigenvalue weighted by molar-refractivity contribution is -0.121. The van der Waals surface area contributed by atoms with Crippen LogP contribution < -0.4 is 5.43 Å². The zero-order valence-corrected chi connectivity index (χ0v) is 15.8. The van der Waals surface area contributed by atoms with Crippen LogP contribution in [0.3, 0.4) is 0 Å². The molecule has 3 nitrogen and oxygen atoms in total. The Hall–Kier alpha value is -0.860. The molecular weight excluding hydrogens is 296 g/mol. The molecule has 4 aliphatic rings. The predicted molar refractivity (Wildman–Crippen MR) is 99.8 cm³/mol. The van der Waals surface area contributed by atoms with Gasteiger partial charge in [-0.2, -0.15) is 5.10 Å². The molecule has 4 saturated carbocycles. The quantitative estimate of drug-likeness (QED) is 0.341. The molecule has 24 heavy (non-hydrogen) atoms. The van der Waals surface area contributed by atoms with E-state index in [1.54, 1.807) is 0 Å². The highest BCUT2D eigenvalue weighted by Crippen LogP contribution is 2.60. The van der Waals surface area contributed by atoms with Gasteiger partial charge in [0.25, 0.3) is 0 Å². The highest BCUT2D eigenvalue weighted by atomic mass is 16.2. The van der Waals surface area contributed by atoms with Gasteiger partial charge in [0.1, 0.15) is 0 Å². The lowest BCUT2D eigenvalue weighted by Crippen LogP contribution is -2.49. The van der Waals surface area contributed by atoms with Gasteiger partial charge in [-0.1, -0.05) is 39.0 Å². The van der Waals surface area contributed by atoms with E-state index in [-0.39, 0.29) is 5.91 Å². The minimum atomic E-state index is 0.106. The Balaban J connectivity index is 1.42. The molecule has 0 heterocycles. The molecule has 0 aliphatic heterocycles. The number of carbonyl (C=O) groups is 1. The zero-order valence-electron chi connectivity index (χ0n) is 15.8. The Labute approximate surface area is 148 Å². The van der Waals surface area contributed by atoms with E-state index in [1.165, 1.54) is 76.3 Å². The first-order valence-electron chi connectivity index (χ1n) is 10.4. The number of hydrogen-bond acceptors (Lipinski definition) is 2. The van der Waals surface area contributed by atoms with E-state index in [2.05, 4.69) is 24.4 Å². The van der Waals surface area contributed by atoms with Crippen molar-refractivity contribution in [3.05, 3.63) is 0 Å². The highest BCUT2D eigenvalue weighted by Gasteiger charge is 2.52. The fourth-order valence-corrected chi connectivity index (χ4v) is 5.94. The molecule has 0 saturated heterocycles. The summed E-state index contributed by atoms with van der Waals surface area (Å²) in [5.41, 5.74) is 4.39. The van der Waals surface area contributed by atoms with E-state index >= 15 is 0 Å². The van der Waals surface area contributed by atoms with E-state index in [1.807, 2.05) is 0 Å². The van der Waals surface area contributed by atoms with Crippen molar-refractivity contribution in [3.63, 3.8) is 0 Å². The molecule has 0 aromatic rings. The minimum absolute atomic E-state index is 0.106. The van der Waals surface area contributed by atoms with E-state index < -0.39 is 0 Å². The smallest absolute Gasteiger partial charge is 0.240 e. The summed E-state index contributed by atoms with van der Waals surface area (Å²) in [6, 6.07) is 0. The Bertz CT molecular complexity index is 433. The first-order valence-corrected chi connectivity index (χ1v) is 10.4. The second-order valence-corrected chi connectivity index (χ2v) is 8.95. The average Bonchev–Trinajstić information content (AvgIpc) is 2.54. The number of amides is 1. The van der Waals surface area contributed by atoms with Gasteiger partial charge in [-0.05, 0) is 69.6 Å². The van der Waals surface area contributed by atoms with Crippen LogP contribution in [0.5, 0.6) is 0 Å². The fraction of sp³-hybridized carbons (Fsp3) is 0.905. The van der Waals surface area contributed by atoms with Gasteiger partial charge in [-0.25, -0.2) is 5.43 Å². The van der Waals surface area contributed by atoms with Gasteiger partial charge < -0.3 is 0 Å². The van der Waals surface area contributed by atoms with Gasteiger partial charge in [-0.15, -0.1) is 0 Å². The molecule has 4 rings (SSSR count). The van der Waals surface area contributed by atoms with Gasteiger partial charge in [0, 0.05) is 17.5 Å². The van der Waals surface area contributed by atoms with Crippen molar-refractivity contribution in [1.29, 1.82) is 0 Å². The molecule has 0 spiro atoms. The van der Waals surface area contributed by atoms with E-state index in [9.17, 15) is 4.79 Å². The van der Waals surface area contributed by atoms with Crippen molar-refractivity contribution in [2.24, 2.45) is 28.3 Å². The van der Waals surface area contributed by atoms with Crippen molar-refractivity contribution < 1.29 is 4.79 Å². The van der Waals surface area contributed by atoms with Crippen molar-refractivity contribution in [2.45, 2.75) is 97.3 Å².